The van der Waals surface area contributed by atoms with Gasteiger partial charge in [-0.3, -0.25) is 0 Å². The SMILES string of the molecule is CCCCC(Pc1ccc(C(C)(C)C)cc1)Pc1ccc(C(C)(C)C)cc1. The molecular formula is C25H38P2. The van der Waals surface area contributed by atoms with E-state index in [9.17, 15) is 0 Å². The number of unbranched alkanes of at least 4 members (excludes halogenated alkanes) is 1. The molecule has 0 heterocycles. The van der Waals surface area contributed by atoms with E-state index in [1.165, 1.54) is 41.0 Å². The van der Waals surface area contributed by atoms with Gasteiger partial charge in [-0.15, -0.1) is 0 Å². The first-order valence-electron chi connectivity index (χ1n) is 10.3. The molecule has 0 aliphatic rings. The quantitative estimate of drug-likeness (QED) is 0.435. The Bertz CT molecular complexity index is 626. The zero-order valence-corrected chi connectivity index (χ0v) is 20.3. The molecule has 0 nitrogen and oxygen atoms in total. The molecular weight excluding hydrogens is 362 g/mol. The summed E-state index contributed by atoms with van der Waals surface area (Å²) in [5, 5.41) is 3.82. The van der Waals surface area contributed by atoms with Gasteiger partial charge in [0.05, 0.1) is 0 Å². The second-order valence-corrected chi connectivity index (χ2v) is 13.3. The fourth-order valence-corrected chi connectivity index (χ4v) is 6.63. The van der Waals surface area contributed by atoms with Crippen LogP contribution in [0, 0.1) is 0 Å². The van der Waals surface area contributed by atoms with Crippen LogP contribution in [0.5, 0.6) is 0 Å². The zero-order valence-electron chi connectivity index (χ0n) is 18.3. The molecule has 2 aromatic rings. The van der Waals surface area contributed by atoms with Crippen molar-refractivity contribution in [3.8, 4) is 0 Å². The fraction of sp³-hybridized carbons (Fsp3) is 0.520. The van der Waals surface area contributed by atoms with Gasteiger partial charge in [-0.1, -0.05) is 127 Å². The van der Waals surface area contributed by atoms with Crippen LogP contribution in [0.3, 0.4) is 0 Å². The smallest absolute Gasteiger partial charge is 0.00199 e. The van der Waals surface area contributed by atoms with Gasteiger partial charge >= 0.3 is 0 Å². The molecule has 0 bridgehead atoms. The largest absolute Gasteiger partial charge is 0.0827 e. The lowest BCUT2D eigenvalue weighted by molar-refractivity contribution is 0.590. The summed E-state index contributed by atoms with van der Waals surface area (Å²) < 4.78 is 0. The fourth-order valence-electron chi connectivity index (χ4n) is 3.12. The van der Waals surface area contributed by atoms with Gasteiger partial charge in [0.25, 0.3) is 0 Å². The summed E-state index contributed by atoms with van der Waals surface area (Å²) in [4.78, 5) is 0. The minimum absolute atomic E-state index is 0.236. The molecule has 0 amide bonds. The summed E-state index contributed by atoms with van der Waals surface area (Å²) in [6.45, 7) is 16.0. The Morgan fingerprint density at radius 1 is 0.667 bits per heavy atom. The summed E-state index contributed by atoms with van der Waals surface area (Å²) in [6.07, 6.45) is 3.97. The lowest BCUT2D eigenvalue weighted by Crippen LogP contribution is -2.13. The Morgan fingerprint density at radius 3 is 1.33 bits per heavy atom. The van der Waals surface area contributed by atoms with Crippen molar-refractivity contribution >= 4 is 27.8 Å². The van der Waals surface area contributed by atoms with Crippen molar-refractivity contribution in [3.63, 3.8) is 0 Å². The normalized spacial score (nSPS) is 14.5. The maximum Gasteiger partial charge on any atom is 0.00199 e. The van der Waals surface area contributed by atoms with E-state index in [0.717, 1.165) is 22.6 Å². The predicted octanol–water partition coefficient (Wildman–Crippen LogP) is 7.11. The van der Waals surface area contributed by atoms with Gasteiger partial charge in [0, 0.05) is 5.40 Å². The third-order valence-electron chi connectivity index (χ3n) is 5.03. The first-order valence-corrected chi connectivity index (χ1v) is 12.5. The van der Waals surface area contributed by atoms with E-state index >= 15 is 0 Å². The minimum Gasteiger partial charge on any atom is -0.0827 e. The highest BCUT2D eigenvalue weighted by molar-refractivity contribution is 7.65. The van der Waals surface area contributed by atoms with Crippen LogP contribution in [0.2, 0.25) is 0 Å². The van der Waals surface area contributed by atoms with Crippen molar-refractivity contribution in [1.29, 1.82) is 0 Å². The third kappa shape index (κ3) is 7.33. The second kappa shape index (κ2) is 9.67. The van der Waals surface area contributed by atoms with Crippen LogP contribution in [0.25, 0.3) is 0 Å². The van der Waals surface area contributed by atoms with Crippen molar-refractivity contribution < 1.29 is 0 Å². The molecule has 27 heavy (non-hydrogen) atoms. The number of benzene rings is 2. The van der Waals surface area contributed by atoms with E-state index in [4.69, 9.17) is 0 Å². The van der Waals surface area contributed by atoms with E-state index in [1.807, 2.05) is 0 Å². The molecule has 2 atom stereocenters. The van der Waals surface area contributed by atoms with Crippen molar-refractivity contribution in [2.75, 3.05) is 0 Å². The highest BCUT2D eigenvalue weighted by Crippen LogP contribution is 2.38. The van der Waals surface area contributed by atoms with Crippen molar-refractivity contribution in [2.24, 2.45) is 0 Å². The molecule has 0 spiro atoms. The maximum atomic E-state index is 2.37. The van der Waals surface area contributed by atoms with Gasteiger partial charge in [-0.25, -0.2) is 0 Å². The lowest BCUT2D eigenvalue weighted by Gasteiger charge is -2.22. The molecule has 0 saturated carbocycles. The predicted molar refractivity (Wildman–Crippen MR) is 129 cm³/mol. The van der Waals surface area contributed by atoms with Crippen LogP contribution in [0.1, 0.15) is 78.9 Å². The molecule has 0 N–H and O–H groups in total. The lowest BCUT2D eigenvalue weighted by atomic mass is 9.87. The van der Waals surface area contributed by atoms with E-state index in [-0.39, 0.29) is 10.8 Å². The standard InChI is InChI=1S/C25H38P2/c1-8-9-10-23(26-21-15-11-19(12-16-21)24(2,3)4)27-22-17-13-20(14-18-22)25(5,6)7/h11-18,23,26-27H,8-10H2,1-7H3. The van der Waals surface area contributed by atoms with E-state index in [1.54, 1.807) is 0 Å². The molecule has 2 heteroatoms. The molecule has 0 aliphatic carbocycles. The number of rotatable bonds is 7. The zero-order chi connectivity index (χ0) is 20.1. The molecule has 148 valence electrons. The van der Waals surface area contributed by atoms with Crippen LogP contribution >= 0.6 is 17.2 Å². The van der Waals surface area contributed by atoms with E-state index in [0.29, 0.717) is 0 Å². The van der Waals surface area contributed by atoms with Crippen molar-refractivity contribution in [3.05, 3.63) is 59.7 Å². The molecule has 2 rings (SSSR count). The first-order chi connectivity index (χ1) is 12.6. The van der Waals surface area contributed by atoms with Crippen LogP contribution in [0.15, 0.2) is 48.5 Å². The van der Waals surface area contributed by atoms with Crippen LogP contribution in [-0.2, 0) is 10.8 Å². The molecule has 0 saturated heterocycles. The van der Waals surface area contributed by atoms with Crippen molar-refractivity contribution in [2.45, 2.75) is 84.0 Å². The Balaban J connectivity index is 2.08. The summed E-state index contributed by atoms with van der Waals surface area (Å²) >= 11 is 0. The summed E-state index contributed by atoms with van der Waals surface area (Å²) in [6, 6.07) is 18.8. The van der Waals surface area contributed by atoms with E-state index in [2.05, 4.69) is 97.0 Å². The average Bonchev–Trinajstić information content (AvgIpc) is 2.59. The molecule has 0 radical (unpaired) electrons. The highest BCUT2D eigenvalue weighted by Gasteiger charge is 2.16. The Morgan fingerprint density at radius 2 is 1.04 bits per heavy atom. The Hall–Kier alpha value is -0.700. The monoisotopic (exact) mass is 400 g/mol. The van der Waals surface area contributed by atoms with Gasteiger partial charge in [0.15, 0.2) is 0 Å². The molecule has 0 fully saturated rings. The Labute approximate surface area is 171 Å². The third-order valence-corrected chi connectivity index (χ3v) is 8.50. The van der Waals surface area contributed by atoms with Gasteiger partial charge in [0.1, 0.15) is 0 Å². The Kier molecular flexibility index (Phi) is 8.09. The minimum atomic E-state index is 0.236. The molecule has 2 aromatic carbocycles. The van der Waals surface area contributed by atoms with E-state index < -0.39 is 0 Å². The first kappa shape index (κ1) is 22.6. The van der Waals surface area contributed by atoms with Crippen LogP contribution in [0.4, 0.5) is 0 Å². The summed E-state index contributed by atoms with van der Waals surface area (Å²) in [7, 11) is 1.82. The molecule has 2 unspecified atom stereocenters. The highest BCUT2D eigenvalue weighted by atomic mass is 31.1. The van der Waals surface area contributed by atoms with Gasteiger partial charge in [-0.2, -0.15) is 0 Å². The number of hydrogen-bond acceptors (Lipinski definition) is 0. The van der Waals surface area contributed by atoms with Crippen molar-refractivity contribution in [1.82, 2.24) is 0 Å². The average molecular weight is 401 g/mol. The topological polar surface area (TPSA) is 0 Å². The number of hydrogen-bond donors (Lipinski definition) is 0. The van der Waals surface area contributed by atoms with Gasteiger partial charge < -0.3 is 0 Å². The maximum absolute atomic E-state index is 2.37. The summed E-state index contributed by atoms with van der Waals surface area (Å²) in [5.41, 5.74) is 3.34. The summed E-state index contributed by atoms with van der Waals surface area (Å²) in [5.74, 6) is 0. The van der Waals surface area contributed by atoms with Crippen LogP contribution in [-0.4, -0.2) is 5.40 Å². The molecule has 0 aliphatic heterocycles. The van der Waals surface area contributed by atoms with Gasteiger partial charge in [-0.05, 0) is 39.0 Å². The van der Waals surface area contributed by atoms with Crippen LogP contribution < -0.4 is 10.6 Å². The second-order valence-electron chi connectivity index (χ2n) is 9.64. The van der Waals surface area contributed by atoms with Gasteiger partial charge in [0.2, 0.25) is 0 Å². The molecule has 0 aromatic heterocycles.